The summed E-state index contributed by atoms with van der Waals surface area (Å²) < 4.78 is 19.4. The van der Waals surface area contributed by atoms with E-state index < -0.39 is 7.12 Å². The van der Waals surface area contributed by atoms with E-state index >= 15 is 0 Å². The maximum atomic E-state index is 12.9. The molecule has 0 saturated heterocycles. The summed E-state index contributed by atoms with van der Waals surface area (Å²) in [6.45, 7) is 6.49. The quantitative estimate of drug-likeness (QED) is 0.289. The molecule has 0 aliphatic carbocycles. The van der Waals surface area contributed by atoms with Crippen LogP contribution in [0.15, 0.2) is 53.6 Å². The highest BCUT2D eigenvalue weighted by Gasteiger charge is 2.33. The molecule has 1 atom stereocenters. The first-order chi connectivity index (χ1) is 15.5. The van der Waals surface area contributed by atoms with Gasteiger partial charge in [0.15, 0.2) is 5.69 Å². The van der Waals surface area contributed by atoms with Crippen LogP contribution in [0.1, 0.15) is 49.1 Å². The highest BCUT2D eigenvalue weighted by molar-refractivity contribution is 7.98. The molecule has 1 aliphatic heterocycles. The lowest BCUT2D eigenvalue weighted by atomic mass is 9.79. The minimum Gasteiger partial charge on any atom is -0.519 e. The number of para-hydroxylation sites is 2. The highest BCUT2D eigenvalue weighted by atomic mass is 32.2. The lowest BCUT2D eigenvalue weighted by Gasteiger charge is -2.15. The van der Waals surface area contributed by atoms with Gasteiger partial charge in [-0.15, -0.1) is 11.8 Å². The second kappa shape index (κ2) is 9.73. The lowest BCUT2D eigenvalue weighted by molar-refractivity contribution is 0.0317. The predicted octanol–water partition coefficient (Wildman–Crippen LogP) is 4.34. The van der Waals surface area contributed by atoms with Gasteiger partial charge in [-0.3, -0.25) is 0 Å². The molecule has 1 aromatic heterocycles. The van der Waals surface area contributed by atoms with Crippen molar-refractivity contribution < 1.29 is 18.8 Å². The standard InChI is InChI=1S/C24H27BN2O4S/c1-5-16(3)29-24(28)22-23(32-4)26-21(6-2)27(22)15-17-11-13-18(14-12-17)25-30-19-9-7-8-10-20(19)31-25/h7-14,16H,5-6,15H2,1-4H3. The van der Waals surface area contributed by atoms with E-state index in [0.717, 1.165) is 41.2 Å². The zero-order valence-corrected chi connectivity index (χ0v) is 19.6. The van der Waals surface area contributed by atoms with E-state index in [4.69, 9.17) is 14.0 Å². The van der Waals surface area contributed by atoms with Gasteiger partial charge in [-0.2, -0.15) is 0 Å². The molecule has 2 aromatic carbocycles. The topological polar surface area (TPSA) is 62.6 Å². The third-order valence-electron chi connectivity index (χ3n) is 5.51. The summed E-state index contributed by atoms with van der Waals surface area (Å²) in [6.07, 6.45) is 3.29. The van der Waals surface area contributed by atoms with Crippen LogP contribution in [-0.4, -0.2) is 35.0 Å². The van der Waals surface area contributed by atoms with E-state index in [1.54, 1.807) is 0 Å². The number of rotatable bonds is 8. The molecule has 2 heterocycles. The predicted molar refractivity (Wildman–Crippen MR) is 127 cm³/mol. The van der Waals surface area contributed by atoms with Gasteiger partial charge < -0.3 is 18.6 Å². The SMILES string of the molecule is CCc1nc(SC)c(C(=O)OC(C)CC)n1Cc1ccc(B2Oc3ccccc3O2)cc1. The molecule has 0 bridgehead atoms. The Morgan fingerprint density at radius 3 is 2.34 bits per heavy atom. The summed E-state index contributed by atoms with van der Waals surface area (Å²) in [6, 6.07) is 15.7. The van der Waals surface area contributed by atoms with Crippen molar-refractivity contribution in [3.8, 4) is 11.5 Å². The summed E-state index contributed by atoms with van der Waals surface area (Å²) in [5, 5.41) is 0.706. The first-order valence-corrected chi connectivity index (χ1v) is 12.1. The second-order valence-electron chi connectivity index (χ2n) is 7.71. The molecule has 0 N–H and O–H groups in total. The average molecular weight is 450 g/mol. The number of aromatic nitrogens is 2. The molecule has 6 nitrogen and oxygen atoms in total. The molecule has 0 radical (unpaired) electrons. The number of benzene rings is 2. The molecule has 32 heavy (non-hydrogen) atoms. The molecule has 8 heteroatoms. The van der Waals surface area contributed by atoms with Gasteiger partial charge in [0.05, 0.1) is 6.10 Å². The fraction of sp³-hybridized carbons (Fsp3) is 0.333. The van der Waals surface area contributed by atoms with Gasteiger partial charge in [-0.1, -0.05) is 50.2 Å². The summed E-state index contributed by atoms with van der Waals surface area (Å²) in [5.41, 5.74) is 2.52. The Bertz CT molecular complexity index is 1070. The van der Waals surface area contributed by atoms with Crippen LogP contribution in [0.5, 0.6) is 11.5 Å². The molecule has 0 saturated carbocycles. The van der Waals surface area contributed by atoms with Crippen LogP contribution in [-0.2, 0) is 17.7 Å². The number of nitrogens with zero attached hydrogens (tertiary/aromatic N) is 2. The first kappa shape index (κ1) is 22.3. The van der Waals surface area contributed by atoms with Crippen molar-refractivity contribution in [1.29, 1.82) is 0 Å². The molecule has 0 amide bonds. The Balaban J connectivity index is 1.56. The number of hydrogen-bond donors (Lipinski definition) is 0. The Morgan fingerprint density at radius 2 is 1.78 bits per heavy atom. The molecular weight excluding hydrogens is 423 g/mol. The van der Waals surface area contributed by atoms with E-state index in [-0.39, 0.29) is 12.1 Å². The van der Waals surface area contributed by atoms with Crippen molar-refractivity contribution in [1.82, 2.24) is 9.55 Å². The van der Waals surface area contributed by atoms with E-state index in [0.29, 0.717) is 17.3 Å². The first-order valence-electron chi connectivity index (χ1n) is 10.9. The third kappa shape index (κ3) is 4.51. The van der Waals surface area contributed by atoms with E-state index in [9.17, 15) is 4.79 Å². The number of carbonyl (C=O) groups excluding carboxylic acids is 1. The van der Waals surface area contributed by atoms with Crippen LogP contribution in [0.2, 0.25) is 0 Å². The molecule has 1 unspecified atom stereocenters. The zero-order valence-electron chi connectivity index (χ0n) is 18.8. The molecule has 4 rings (SSSR count). The van der Waals surface area contributed by atoms with Crippen molar-refractivity contribution in [2.45, 2.75) is 51.3 Å². The van der Waals surface area contributed by atoms with Crippen molar-refractivity contribution in [3.63, 3.8) is 0 Å². The molecule has 0 fully saturated rings. The maximum absolute atomic E-state index is 12.9. The molecule has 166 valence electrons. The maximum Gasteiger partial charge on any atom is 0.632 e. The van der Waals surface area contributed by atoms with E-state index in [1.807, 2.05) is 80.1 Å². The Kier molecular flexibility index (Phi) is 6.79. The van der Waals surface area contributed by atoms with Gasteiger partial charge in [0, 0.05) is 18.4 Å². The number of carbonyl (C=O) groups is 1. The number of esters is 1. The minimum absolute atomic E-state index is 0.138. The largest absolute Gasteiger partial charge is 0.632 e. The average Bonchev–Trinajstić information content (AvgIpc) is 3.40. The van der Waals surface area contributed by atoms with Gasteiger partial charge in [0.1, 0.15) is 22.3 Å². The summed E-state index contributed by atoms with van der Waals surface area (Å²) in [5.74, 6) is 2.05. The fourth-order valence-corrected chi connectivity index (χ4v) is 4.16. The third-order valence-corrected chi connectivity index (χ3v) is 6.18. The van der Waals surface area contributed by atoms with Crippen LogP contribution in [0.4, 0.5) is 0 Å². The Morgan fingerprint density at radius 1 is 1.12 bits per heavy atom. The van der Waals surface area contributed by atoms with Crippen LogP contribution in [0, 0.1) is 0 Å². The Hall–Kier alpha value is -2.87. The van der Waals surface area contributed by atoms with Crippen LogP contribution >= 0.6 is 11.8 Å². The summed E-state index contributed by atoms with van der Waals surface area (Å²) in [7, 11) is -0.454. The zero-order chi connectivity index (χ0) is 22.7. The number of aryl methyl sites for hydroxylation is 1. The number of fused-ring (bicyclic) bond motifs is 1. The number of thioether (sulfide) groups is 1. The minimum atomic E-state index is -0.454. The van der Waals surface area contributed by atoms with Gasteiger partial charge in [0.25, 0.3) is 0 Å². The molecule has 3 aromatic rings. The van der Waals surface area contributed by atoms with Gasteiger partial charge in [-0.25, -0.2) is 9.78 Å². The van der Waals surface area contributed by atoms with E-state index in [1.165, 1.54) is 11.8 Å². The monoisotopic (exact) mass is 450 g/mol. The highest BCUT2D eigenvalue weighted by Crippen LogP contribution is 2.32. The lowest BCUT2D eigenvalue weighted by Crippen LogP contribution is -2.38. The van der Waals surface area contributed by atoms with Crippen LogP contribution < -0.4 is 14.8 Å². The fourth-order valence-electron chi connectivity index (χ4n) is 3.58. The second-order valence-corrected chi connectivity index (χ2v) is 8.50. The normalized spacial score (nSPS) is 13.3. The number of hydrogen-bond acceptors (Lipinski definition) is 6. The van der Waals surface area contributed by atoms with Gasteiger partial charge in [0.2, 0.25) is 0 Å². The van der Waals surface area contributed by atoms with Crippen molar-refractivity contribution >= 4 is 30.3 Å². The van der Waals surface area contributed by atoms with Gasteiger partial charge >= 0.3 is 13.1 Å². The van der Waals surface area contributed by atoms with E-state index in [2.05, 4.69) is 4.98 Å². The number of ether oxygens (including phenoxy) is 1. The molecule has 0 spiro atoms. The Labute approximate surface area is 193 Å². The van der Waals surface area contributed by atoms with Crippen LogP contribution in [0.3, 0.4) is 0 Å². The molecular formula is C24H27BN2O4S. The van der Waals surface area contributed by atoms with Crippen molar-refractivity contribution in [2.75, 3.05) is 6.26 Å². The molecule has 1 aliphatic rings. The summed E-state index contributed by atoms with van der Waals surface area (Å²) >= 11 is 1.47. The van der Waals surface area contributed by atoms with Crippen LogP contribution in [0.25, 0.3) is 0 Å². The number of imidazole rings is 1. The van der Waals surface area contributed by atoms with Gasteiger partial charge in [-0.05, 0) is 37.3 Å². The van der Waals surface area contributed by atoms with Crippen molar-refractivity contribution in [3.05, 3.63) is 65.6 Å². The van der Waals surface area contributed by atoms with Crippen molar-refractivity contribution in [2.24, 2.45) is 0 Å². The summed E-state index contributed by atoms with van der Waals surface area (Å²) in [4.78, 5) is 17.6. The smallest absolute Gasteiger partial charge is 0.519 e.